The van der Waals surface area contributed by atoms with E-state index in [9.17, 15) is 0 Å². The largest absolute Gasteiger partial charge is 0.493 e. The SMILES string of the molecule is COc1cc(CC(C)N)cc(OC)c1OC/C=C/Cl. The van der Waals surface area contributed by atoms with Gasteiger partial charge in [0.1, 0.15) is 6.61 Å². The van der Waals surface area contributed by atoms with E-state index in [0.29, 0.717) is 23.9 Å². The summed E-state index contributed by atoms with van der Waals surface area (Å²) in [5.74, 6) is 1.81. The van der Waals surface area contributed by atoms with E-state index < -0.39 is 0 Å². The van der Waals surface area contributed by atoms with E-state index in [0.717, 1.165) is 12.0 Å². The van der Waals surface area contributed by atoms with Crippen LogP contribution in [0.25, 0.3) is 0 Å². The van der Waals surface area contributed by atoms with Gasteiger partial charge < -0.3 is 19.9 Å². The van der Waals surface area contributed by atoms with Gasteiger partial charge in [-0.15, -0.1) is 0 Å². The zero-order valence-electron chi connectivity index (χ0n) is 11.5. The van der Waals surface area contributed by atoms with Gasteiger partial charge in [0.15, 0.2) is 11.5 Å². The molecule has 4 nitrogen and oxygen atoms in total. The van der Waals surface area contributed by atoms with Crippen LogP contribution in [-0.4, -0.2) is 26.9 Å². The Morgan fingerprint density at radius 2 is 1.84 bits per heavy atom. The summed E-state index contributed by atoms with van der Waals surface area (Å²) in [5, 5.41) is 0. The molecule has 0 bridgehead atoms. The van der Waals surface area contributed by atoms with Crippen molar-refractivity contribution in [2.24, 2.45) is 5.73 Å². The molecule has 0 amide bonds. The van der Waals surface area contributed by atoms with Gasteiger partial charge in [0.2, 0.25) is 5.75 Å². The number of benzene rings is 1. The number of methoxy groups -OCH3 is 2. The summed E-state index contributed by atoms with van der Waals surface area (Å²) >= 11 is 5.46. The second kappa shape index (κ2) is 7.92. The van der Waals surface area contributed by atoms with Gasteiger partial charge >= 0.3 is 0 Å². The van der Waals surface area contributed by atoms with E-state index in [2.05, 4.69) is 0 Å². The van der Waals surface area contributed by atoms with E-state index in [1.165, 1.54) is 5.54 Å². The van der Waals surface area contributed by atoms with Crippen LogP contribution in [0.3, 0.4) is 0 Å². The first-order chi connectivity index (χ1) is 9.12. The van der Waals surface area contributed by atoms with Crippen LogP contribution < -0.4 is 19.9 Å². The van der Waals surface area contributed by atoms with E-state index in [1.807, 2.05) is 19.1 Å². The molecule has 0 aliphatic heterocycles. The highest BCUT2D eigenvalue weighted by atomic mass is 35.5. The third-order valence-electron chi connectivity index (χ3n) is 2.49. The van der Waals surface area contributed by atoms with Crippen molar-refractivity contribution in [1.29, 1.82) is 0 Å². The fraction of sp³-hybridized carbons (Fsp3) is 0.429. The lowest BCUT2D eigenvalue weighted by Gasteiger charge is -2.16. The van der Waals surface area contributed by atoms with E-state index in [-0.39, 0.29) is 6.04 Å². The van der Waals surface area contributed by atoms with Crippen LogP contribution in [0.5, 0.6) is 17.2 Å². The van der Waals surface area contributed by atoms with Crippen molar-refractivity contribution in [2.75, 3.05) is 20.8 Å². The summed E-state index contributed by atoms with van der Waals surface area (Å²) in [6.45, 7) is 2.30. The Balaban J connectivity index is 3.06. The minimum absolute atomic E-state index is 0.0698. The van der Waals surface area contributed by atoms with Gasteiger partial charge in [0.25, 0.3) is 0 Å². The molecule has 0 aromatic heterocycles. The standard InChI is InChI=1S/C14H20ClNO3/c1-10(16)7-11-8-12(17-2)14(13(9-11)18-3)19-6-4-5-15/h4-5,8-10H,6-7,16H2,1-3H3/b5-4+. The van der Waals surface area contributed by atoms with Crippen LogP contribution in [0.15, 0.2) is 23.7 Å². The normalized spacial score (nSPS) is 12.5. The van der Waals surface area contributed by atoms with Crippen molar-refractivity contribution < 1.29 is 14.2 Å². The molecule has 2 N–H and O–H groups in total. The molecule has 0 saturated heterocycles. The maximum absolute atomic E-state index is 5.81. The van der Waals surface area contributed by atoms with Crippen LogP contribution in [-0.2, 0) is 6.42 Å². The molecule has 0 aliphatic carbocycles. The Morgan fingerprint density at radius 1 is 1.26 bits per heavy atom. The Bertz CT molecular complexity index is 408. The highest BCUT2D eigenvalue weighted by Gasteiger charge is 2.14. The predicted molar refractivity (Wildman–Crippen MR) is 77.4 cm³/mol. The first-order valence-corrected chi connectivity index (χ1v) is 6.44. The molecule has 1 rings (SSSR count). The highest BCUT2D eigenvalue weighted by molar-refractivity contribution is 6.25. The zero-order chi connectivity index (χ0) is 14.3. The second-order valence-corrected chi connectivity index (χ2v) is 4.44. The number of rotatable bonds is 7. The molecule has 106 valence electrons. The fourth-order valence-electron chi connectivity index (χ4n) is 1.73. The molecule has 1 unspecified atom stereocenters. The summed E-state index contributed by atoms with van der Waals surface area (Å²) in [5.41, 5.74) is 8.26. The summed E-state index contributed by atoms with van der Waals surface area (Å²) < 4.78 is 16.3. The number of hydrogen-bond acceptors (Lipinski definition) is 4. The minimum atomic E-state index is 0.0698. The van der Waals surface area contributed by atoms with Gasteiger partial charge in [-0.25, -0.2) is 0 Å². The zero-order valence-corrected chi connectivity index (χ0v) is 12.2. The molecule has 5 heteroatoms. The van der Waals surface area contributed by atoms with E-state index in [1.54, 1.807) is 20.3 Å². The van der Waals surface area contributed by atoms with Gasteiger partial charge in [0, 0.05) is 11.6 Å². The molecule has 0 fully saturated rings. The first-order valence-electron chi connectivity index (χ1n) is 6.00. The highest BCUT2D eigenvalue weighted by Crippen LogP contribution is 2.38. The minimum Gasteiger partial charge on any atom is -0.493 e. The van der Waals surface area contributed by atoms with E-state index in [4.69, 9.17) is 31.5 Å². The van der Waals surface area contributed by atoms with Gasteiger partial charge in [-0.05, 0) is 37.1 Å². The van der Waals surface area contributed by atoms with Gasteiger partial charge in [-0.2, -0.15) is 0 Å². The molecular formula is C14H20ClNO3. The summed E-state index contributed by atoms with van der Waals surface area (Å²) in [6, 6.07) is 3.89. The van der Waals surface area contributed by atoms with E-state index >= 15 is 0 Å². The van der Waals surface area contributed by atoms with Crippen molar-refractivity contribution in [1.82, 2.24) is 0 Å². The first kappa shape index (κ1) is 15.7. The molecule has 19 heavy (non-hydrogen) atoms. The van der Waals surface area contributed by atoms with Gasteiger partial charge in [-0.3, -0.25) is 0 Å². The quantitative estimate of drug-likeness (QED) is 0.837. The van der Waals surface area contributed by atoms with Crippen molar-refractivity contribution in [3.8, 4) is 17.2 Å². The summed E-state index contributed by atoms with van der Waals surface area (Å²) in [4.78, 5) is 0. The third kappa shape index (κ3) is 4.65. The van der Waals surface area contributed by atoms with Crippen LogP contribution in [0, 0.1) is 0 Å². The topological polar surface area (TPSA) is 53.7 Å². The number of hydrogen-bond donors (Lipinski definition) is 1. The molecule has 0 spiro atoms. The fourth-order valence-corrected chi connectivity index (χ4v) is 1.81. The molecule has 0 saturated carbocycles. The molecule has 1 atom stereocenters. The molecule has 0 aliphatic rings. The Hall–Kier alpha value is -1.39. The van der Waals surface area contributed by atoms with Crippen molar-refractivity contribution in [3.63, 3.8) is 0 Å². The van der Waals surface area contributed by atoms with Crippen LogP contribution in [0.4, 0.5) is 0 Å². The maximum atomic E-state index is 5.81. The van der Waals surface area contributed by atoms with Gasteiger partial charge in [-0.1, -0.05) is 11.6 Å². The lowest BCUT2D eigenvalue weighted by Crippen LogP contribution is -2.17. The lowest BCUT2D eigenvalue weighted by atomic mass is 10.1. The smallest absolute Gasteiger partial charge is 0.203 e. The number of halogens is 1. The summed E-state index contributed by atoms with van der Waals surface area (Å²) in [6.07, 6.45) is 2.44. The Morgan fingerprint density at radius 3 is 2.26 bits per heavy atom. The molecular weight excluding hydrogens is 266 g/mol. The Labute approximate surface area is 119 Å². The molecule has 0 radical (unpaired) electrons. The van der Waals surface area contributed by atoms with Crippen molar-refractivity contribution in [3.05, 3.63) is 29.3 Å². The number of nitrogens with two attached hydrogens (primary N) is 1. The van der Waals surface area contributed by atoms with Crippen LogP contribution >= 0.6 is 11.6 Å². The van der Waals surface area contributed by atoms with Crippen LogP contribution in [0.2, 0.25) is 0 Å². The third-order valence-corrected chi connectivity index (χ3v) is 2.67. The van der Waals surface area contributed by atoms with Crippen molar-refractivity contribution >= 4 is 11.6 Å². The van der Waals surface area contributed by atoms with Crippen molar-refractivity contribution in [2.45, 2.75) is 19.4 Å². The monoisotopic (exact) mass is 285 g/mol. The number of ether oxygens (including phenoxy) is 3. The molecule has 1 aromatic rings. The summed E-state index contributed by atoms with van der Waals surface area (Å²) in [7, 11) is 3.18. The molecule has 0 heterocycles. The second-order valence-electron chi connectivity index (χ2n) is 4.18. The predicted octanol–water partition coefficient (Wildman–Crippen LogP) is 2.72. The lowest BCUT2D eigenvalue weighted by molar-refractivity contribution is 0.300. The Kier molecular flexibility index (Phi) is 6.53. The average molecular weight is 286 g/mol. The van der Waals surface area contributed by atoms with Crippen LogP contribution in [0.1, 0.15) is 12.5 Å². The average Bonchev–Trinajstić information content (AvgIpc) is 2.38. The molecule has 1 aromatic carbocycles. The maximum Gasteiger partial charge on any atom is 0.203 e. The van der Waals surface area contributed by atoms with Gasteiger partial charge in [0.05, 0.1) is 14.2 Å².